The molecule has 4 rings (SSSR count). The van der Waals surface area contributed by atoms with Gasteiger partial charge in [0.25, 0.3) is 0 Å². The van der Waals surface area contributed by atoms with Crippen LogP contribution in [-0.2, 0) is 0 Å². The molecule has 1 saturated carbocycles. The van der Waals surface area contributed by atoms with E-state index in [-0.39, 0.29) is 6.04 Å². The summed E-state index contributed by atoms with van der Waals surface area (Å²) in [4.78, 5) is 4.49. The third kappa shape index (κ3) is 2.99. The number of anilines is 1. The normalized spacial score (nSPS) is 22.4. The van der Waals surface area contributed by atoms with E-state index < -0.39 is 5.60 Å². The highest BCUT2D eigenvalue weighted by atomic mass is 79.9. The van der Waals surface area contributed by atoms with Crippen molar-refractivity contribution in [3.63, 3.8) is 0 Å². The summed E-state index contributed by atoms with van der Waals surface area (Å²) >= 11 is 3.53. The molecule has 1 aliphatic rings. The van der Waals surface area contributed by atoms with Gasteiger partial charge >= 0.3 is 0 Å². The number of fused-ring (bicyclic) bond motifs is 1. The number of nitrogens with one attached hydrogen (secondary N) is 1. The highest BCUT2D eigenvalue weighted by molar-refractivity contribution is 9.10. The van der Waals surface area contributed by atoms with Gasteiger partial charge in [0.1, 0.15) is 6.07 Å². The van der Waals surface area contributed by atoms with Crippen LogP contribution in [0.3, 0.4) is 0 Å². The van der Waals surface area contributed by atoms with Crippen molar-refractivity contribution in [3.05, 3.63) is 46.7 Å². The van der Waals surface area contributed by atoms with Crippen molar-refractivity contribution in [2.45, 2.75) is 31.4 Å². The van der Waals surface area contributed by atoms with Gasteiger partial charge in [-0.2, -0.15) is 10.4 Å². The molecule has 0 aliphatic heterocycles. The highest BCUT2D eigenvalue weighted by Crippen LogP contribution is 2.36. The number of nitriles is 1. The van der Waals surface area contributed by atoms with Crippen molar-refractivity contribution in [1.82, 2.24) is 14.6 Å². The van der Waals surface area contributed by atoms with Crippen molar-refractivity contribution in [1.29, 1.82) is 5.26 Å². The van der Waals surface area contributed by atoms with Gasteiger partial charge in [-0.3, -0.25) is 4.98 Å². The number of halogens is 1. The number of nitrogens with zero attached hydrogens (tertiary/aromatic N) is 4. The zero-order chi connectivity index (χ0) is 17.6. The Morgan fingerprint density at radius 2 is 2.16 bits per heavy atom. The summed E-state index contributed by atoms with van der Waals surface area (Å²) in [7, 11) is 0. The third-order valence-corrected chi connectivity index (χ3v) is 5.11. The molecule has 0 saturated heterocycles. The summed E-state index contributed by atoms with van der Waals surface area (Å²) in [6.07, 6.45) is 4.76. The van der Waals surface area contributed by atoms with Crippen molar-refractivity contribution < 1.29 is 5.11 Å². The predicted molar refractivity (Wildman–Crippen MR) is 98.1 cm³/mol. The van der Waals surface area contributed by atoms with E-state index in [2.05, 4.69) is 37.4 Å². The minimum absolute atomic E-state index is 0.252. The maximum atomic E-state index is 9.90. The van der Waals surface area contributed by atoms with Gasteiger partial charge in [0.05, 0.1) is 44.4 Å². The van der Waals surface area contributed by atoms with Gasteiger partial charge in [-0.1, -0.05) is 0 Å². The number of pyridine rings is 1. The lowest BCUT2D eigenvalue weighted by Crippen LogP contribution is -2.48. The van der Waals surface area contributed by atoms with Crippen LogP contribution in [0.2, 0.25) is 0 Å². The SMILES string of the molecule is C[C@]1(O)C[C@@H](Nc2cc(-c3ccc4cc(C#N)cnn34)ncc2Br)C1. The molecule has 0 bridgehead atoms. The topological polar surface area (TPSA) is 86.2 Å². The lowest BCUT2D eigenvalue weighted by atomic mass is 9.77. The lowest BCUT2D eigenvalue weighted by molar-refractivity contribution is -0.0234. The van der Waals surface area contributed by atoms with E-state index in [4.69, 9.17) is 5.26 Å². The summed E-state index contributed by atoms with van der Waals surface area (Å²) in [5, 5.41) is 26.7. The first kappa shape index (κ1) is 16.1. The molecule has 6 nitrogen and oxygen atoms in total. The smallest absolute Gasteiger partial charge is 0.101 e. The third-order valence-electron chi connectivity index (χ3n) is 4.48. The van der Waals surface area contributed by atoms with Crippen molar-refractivity contribution >= 4 is 27.1 Å². The summed E-state index contributed by atoms with van der Waals surface area (Å²) in [6.45, 7) is 1.85. The van der Waals surface area contributed by atoms with Gasteiger partial charge in [-0.05, 0) is 60.0 Å². The first-order valence-corrected chi connectivity index (χ1v) is 8.77. The van der Waals surface area contributed by atoms with E-state index >= 15 is 0 Å². The largest absolute Gasteiger partial charge is 0.390 e. The van der Waals surface area contributed by atoms with Crippen LogP contribution >= 0.6 is 15.9 Å². The second kappa shape index (κ2) is 5.83. The second-order valence-electron chi connectivity index (χ2n) is 6.71. The van der Waals surface area contributed by atoms with E-state index in [0.717, 1.165) is 39.9 Å². The van der Waals surface area contributed by atoms with Crippen molar-refractivity contribution in [3.8, 4) is 17.5 Å². The van der Waals surface area contributed by atoms with Gasteiger partial charge in [0.15, 0.2) is 0 Å². The fourth-order valence-corrected chi connectivity index (χ4v) is 3.60. The number of hydrogen-bond donors (Lipinski definition) is 2. The minimum atomic E-state index is -0.569. The van der Waals surface area contributed by atoms with Crippen molar-refractivity contribution in [2.24, 2.45) is 0 Å². The molecule has 2 N–H and O–H groups in total. The standard InChI is InChI=1S/C18H16BrN5O/c1-18(25)6-12(7-18)23-15-5-16(21-10-14(15)19)17-3-2-13-4-11(8-20)9-22-24(13)17/h2-5,9-10,12,25H,6-7H2,1H3,(H,21,23)/t12-,18+. The van der Waals surface area contributed by atoms with Gasteiger partial charge < -0.3 is 10.4 Å². The first-order valence-electron chi connectivity index (χ1n) is 7.98. The molecule has 0 unspecified atom stereocenters. The molecule has 0 radical (unpaired) electrons. The molecule has 3 aromatic rings. The molecule has 0 aromatic carbocycles. The quantitative estimate of drug-likeness (QED) is 0.707. The monoisotopic (exact) mass is 397 g/mol. The molecular weight excluding hydrogens is 382 g/mol. The van der Waals surface area contributed by atoms with Gasteiger partial charge in [0.2, 0.25) is 0 Å². The van der Waals surface area contributed by atoms with Crippen LogP contribution in [0.4, 0.5) is 5.69 Å². The number of rotatable bonds is 3. The van der Waals surface area contributed by atoms with Crippen LogP contribution in [0.25, 0.3) is 16.9 Å². The molecule has 1 fully saturated rings. The van der Waals surface area contributed by atoms with Crippen LogP contribution in [0, 0.1) is 11.3 Å². The molecule has 25 heavy (non-hydrogen) atoms. The highest BCUT2D eigenvalue weighted by Gasteiger charge is 2.38. The van der Waals surface area contributed by atoms with E-state index in [1.54, 1.807) is 23.0 Å². The molecule has 7 heteroatoms. The van der Waals surface area contributed by atoms with E-state index in [9.17, 15) is 5.11 Å². The molecule has 0 spiro atoms. The zero-order valence-electron chi connectivity index (χ0n) is 13.6. The lowest BCUT2D eigenvalue weighted by Gasteiger charge is -2.41. The Kier molecular flexibility index (Phi) is 3.74. The molecule has 126 valence electrons. The Hall–Kier alpha value is -2.43. The second-order valence-corrected chi connectivity index (χ2v) is 7.56. The fourth-order valence-electron chi connectivity index (χ4n) is 3.27. The summed E-state index contributed by atoms with van der Waals surface area (Å²) < 4.78 is 2.65. The molecule has 3 aromatic heterocycles. The maximum absolute atomic E-state index is 9.90. The molecule has 0 amide bonds. The number of hydrogen-bond acceptors (Lipinski definition) is 5. The fraction of sp³-hybridized carbons (Fsp3) is 0.278. The first-order chi connectivity index (χ1) is 11.9. The van der Waals surface area contributed by atoms with Crippen LogP contribution in [0.15, 0.2) is 41.1 Å². The van der Waals surface area contributed by atoms with E-state index in [1.807, 2.05) is 25.1 Å². The van der Waals surface area contributed by atoms with Crippen LogP contribution in [0.5, 0.6) is 0 Å². The Morgan fingerprint density at radius 1 is 1.36 bits per heavy atom. The van der Waals surface area contributed by atoms with Gasteiger partial charge in [-0.25, -0.2) is 4.52 Å². The van der Waals surface area contributed by atoms with Crippen LogP contribution < -0.4 is 5.32 Å². The Bertz CT molecular complexity index is 996. The summed E-state index contributed by atoms with van der Waals surface area (Å²) in [5.74, 6) is 0. The van der Waals surface area contributed by atoms with Crippen LogP contribution in [-0.4, -0.2) is 31.3 Å². The molecule has 3 heterocycles. The Morgan fingerprint density at radius 3 is 2.88 bits per heavy atom. The van der Waals surface area contributed by atoms with Gasteiger partial charge in [0, 0.05) is 12.2 Å². The van der Waals surface area contributed by atoms with Gasteiger partial charge in [-0.15, -0.1) is 0 Å². The number of aliphatic hydroxyl groups is 1. The summed E-state index contributed by atoms with van der Waals surface area (Å²) in [5.41, 5.74) is 3.39. The zero-order valence-corrected chi connectivity index (χ0v) is 15.2. The summed E-state index contributed by atoms with van der Waals surface area (Å²) in [6, 6.07) is 9.98. The average Bonchev–Trinajstić information content (AvgIpc) is 2.98. The van der Waals surface area contributed by atoms with E-state index in [0.29, 0.717) is 5.56 Å². The minimum Gasteiger partial charge on any atom is -0.390 e. The van der Waals surface area contributed by atoms with Crippen LogP contribution in [0.1, 0.15) is 25.3 Å². The Balaban J connectivity index is 1.67. The predicted octanol–water partition coefficient (Wildman–Crippen LogP) is 3.36. The average molecular weight is 398 g/mol. The van der Waals surface area contributed by atoms with E-state index in [1.165, 1.54) is 0 Å². The number of aromatic nitrogens is 3. The maximum Gasteiger partial charge on any atom is 0.101 e. The Labute approximate surface area is 153 Å². The molecular formula is C18H16BrN5O. The molecule has 0 atom stereocenters. The molecule has 1 aliphatic carbocycles. The van der Waals surface area contributed by atoms with Crippen molar-refractivity contribution in [2.75, 3.05) is 5.32 Å².